The molecule has 0 spiro atoms. The van der Waals surface area contributed by atoms with Gasteiger partial charge in [0.2, 0.25) is 5.91 Å². The summed E-state index contributed by atoms with van der Waals surface area (Å²) < 4.78 is 0. The first-order chi connectivity index (χ1) is 10.9. The van der Waals surface area contributed by atoms with E-state index in [-0.39, 0.29) is 6.03 Å². The molecule has 0 bridgehead atoms. The van der Waals surface area contributed by atoms with E-state index >= 15 is 0 Å². The van der Waals surface area contributed by atoms with Gasteiger partial charge in [0, 0.05) is 31.4 Å². The second kappa shape index (κ2) is 7.46. The predicted octanol–water partition coefficient (Wildman–Crippen LogP) is 1.90. The summed E-state index contributed by atoms with van der Waals surface area (Å²) in [6.45, 7) is 4.70. The number of primary amides is 1. The Morgan fingerprint density at radius 2 is 2.17 bits per heavy atom. The Morgan fingerprint density at radius 1 is 1.43 bits per heavy atom. The van der Waals surface area contributed by atoms with Crippen molar-refractivity contribution in [2.75, 3.05) is 39.0 Å². The molecule has 0 aliphatic carbocycles. The zero-order valence-corrected chi connectivity index (χ0v) is 14.1. The average Bonchev–Trinajstić information content (AvgIpc) is 2.48. The fraction of sp³-hybridized carbons (Fsp3) is 0.529. The van der Waals surface area contributed by atoms with E-state index in [1.807, 2.05) is 6.92 Å². The predicted molar refractivity (Wildman–Crippen MR) is 91.6 cm³/mol. The van der Waals surface area contributed by atoms with E-state index < -0.39 is 5.91 Å². The van der Waals surface area contributed by atoms with Crippen molar-refractivity contribution >= 4 is 17.6 Å². The van der Waals surface area contributed by atoms with Crippen molar-refractivity contribution in [3.8, 4) is 0 Å². The van der Waals surface area contributed by atoms with Crippen LogP contribution in [0.3, 0.4) is 0 Å². The van der Waals surface area contributed by atoms with Gasteiger partial charge >= 0.3 is 6.03 Å². The summed E-state index contributed by atoms with van der Waals surface area (Å²) in [5.41, 5.74) is 7.16. The van der Waals surface area contributed by atoms with Crippen LogP contribution in [0.25, 0.3) is 0 Å². The van der Waals surface area contributed by atoms with Crippen molar-refractivity contribution in [2.24, 2.45) is 11.7 Å². The van der Waals surface area contributed by atoms with Gasteiger partial charge in [-0.25, -0.2) is 4.79 Å². The fourth-order valence-electron chi connectivity index (χ4n) is 3.08. The molecule has 1 atom stereocenters. The average molecular weight is 318 g/mol. The van der Waals surface area contributed by atoms with E-state index in [2.05, 4.69) is 17.3 Å². The Labute approximate surface area is 137 Å². The third-order valence-electron chi connectivity index (χ3n) is 4.36. The van der Waals surface area contributed by atoms with Crippen molar-refractivity contribution in [1.29, 1.82) is 0 Å². The second-order valence-corrected chi connectivity index (χ2v) is 6.48. The highest BCUT2D eigenvalue weighted by Crippen LogP contribution is 2.18. The molecule has 1 aliphatic heterocycles. The van der Waals surface area contributed by atoms with Gasteiger partial charge in [0.15, 0.2) is 0 Å². The number of aryl methyl sites for hydroxylation is 1. The van der Waals surface area contributed by atoms with Crippen molar-refractivity contribution in [3.05, 3.63) is 29.3 Å². The van der Waals surface area contributed by atoms with Gasteiger partial charge < -0.3 is 20.9 Å². The number of piperidine rings is 1. The molecule has 1 aromatic carbocycles. The Balaban J connectivity index is 1.95. The zero-order valence-electron chi connectivity index (χ0n) is 14.1. The number of hydrogen-bond acceptors (Lipinski definition) is 3. The van der Waals surface area contributed by atoms with Crippen LogP contribution < -0.4 is 11.1 Å². The molecule has 0 radical (unpaired) electrons. The number of anilines is 1. The lowest BCUT2D eigenvalue weighted by Crippen LogP contribution is -2.41. The van der Waals surface area contributed by atoms with Gasteiger partial charge in [-0.15, -0.1) is 0 Å². The lowest BCUT2D eigenvalue weighted by atomic mass is 9.98. The van der Waals surface area contributed by atoms with Crippen LogP contribution >= 0.6 is 0 Å². The lowest BCUT2D eigenvalue weighted by Gasteiger charge is -2.32. The van der Waals surface area contributed by atoms with E-state index in [9.17, 15) is 9.59 Å². The molecule has 6 heteroatoms. The van der Waals surface area contributed by atoms with Crippen LogP contribution in [0.5, 0.6) is 0 Å². The first-order valence-electron chi connectivity index (χ1n) is 7.98. The summed E-state index contributed by atoms with van der Waals surface area (Å²) in [6.07, 6.45) is 2.33. The third kappa shape index (κ3) is 4.69. The number of likely N-dealkylation sites (tertiary alicyclic amines) is 1. The second-order valence-electron chi connectivity index (χ2n) is 6.48. The summed E-state index contributed by atoms with van der Waals surface area (Å²) in [6, 6.07) is 5.02. The summed E-state index contributed by atoms with van der Waals surface area (Å²) >= 11 is 0. The molecule has 6 nitrogen and oxygen atoms in total. The minimum atomic E-state index is -0.489. The van der Waals surface area contributed by atoms with Gasteiger partial charge in [0.1, 0.15) is 0 Å². The summed E-state index contributed by atoms with van der Waals surface area (Å²) in [5.74, 6) is 0.0147. The molecule has 1 saturated heterocycles. The van der Waals surface area contributed by atoms with Crippen LogP contribution in [0.4, 0.5) is 10.5 Å². The molecule has 3 N–H and O–H groups in total. The molecule has 2 rings (SSSR count). The molecule has 1 aromatic rings. The van der Waals surface area contributed by atoms with E-state index in [1.54, 1.807) is 30.1 Å². The monoisotopic (exact) mass is 318 g/mol. The lowest BCUT2D eigenvalue weighted by molar-refractivity contribution is 0.0999. The molecular weight excluding hydrogens is 292 g/mol. The van der Waals surface area contributed by atoms with E-state index in [1.165, 1.54) is 6.42 Å². The van der Waals surface area contributed by atoms with Crippen molar-refractivity contribution in [3.63, 3.8) is 0 Å². The van der Waals surface area contributed by atoms with E-state index in [0.29, 0.717) is 17.2 Å². The highest BCUT2D eigenvalue weighted by atomic mass is 16.2. The Kier molecular flexibility index (Phi) is 5.60. The van der Waals surface area contributed by atoms with Crippen LogP contribution in [-0.4, -0.2) is 55.5 Å². The minimum Gasteiger partial charge on any atom is -0.366 e. The van der Waals surface area contributed by atoms with E-state index in [4.69, 9.17) is 5.73 Å². The van der Waals surface area contributed by atoms with Crippen LogP contribution in [0.2, 0.25) is 0 Å². The number of urea groups is 1. The molecule has 3 amide bonds. The first-order valence-corrected chi connectivity index (χ1v) is 7.98. The molecule has 1 unspecified atom stereocenters. The molecule has 0 aromatic heterocycles. The normalized spacial score (nSPS) is 18.5. The molecule has 23 heavy (non-hydrogen) atoms. The van der Waals surface area contributed by atoms with Gasteiger partial charge in [-0.3, -0.25) is 4.79 Å². The number of carbonyl (C=O) groups is 2. The van der Waals surface area contributed by atoms with E-state index in [0.717, 1.165) is 31.6 Å². The number of nitrogens with one attached hydrogen (secondary N) is 1. The molecule has 1 heterocycles. The van der Waals surface area contributed by atoms with Gasteiger partial charge in [0.05, 0.1) is 0 Å². The maximum absolute atomic E-state index is 12.3. The van der Waals surface area contributed by atoms with Crippen LogP contribution in [-0.2, 0) is 0 Å². The summed E-state index contributed by atoms with van der Waals surface area (Å²) in [4.78, 5) is 27.7. The maximum Gasteiger partial charge on any atom is 0.321 e. The standard InChI is InChI=1S/C17H26N4O2/c1-12-6-7-14(9-15(12)16(18)22)19-17(23)21(3)11-13-5-4-8-20(2)10-13/h6-7,9,13H,4-5,8,10-11H2,1-3H3,(H2,18,22)(H,19,23). The number of nitrogens with two attached hydrogens (primary N) is 1. The molecule has 126 valence electrons. The molecule has 1 fully saturated rings. The zero-order chi connectivity index (χ0) is 17.0. The van der Waals surface area contributed by atoms with Crippen LogP contribution in [0, 0.1) is 12.8 Å². The van der Waals surface area contributed by atoms with Crippen LogP contribution in [0.15, 0.2) is 18.2 Å². The largest absolute Gasteiger partial charge is 0.366 e. The number of nitrogens with zero attached hydrogens (tertiary/aromatic N) is 2. The van der Waals surface area contributed by atoms with Gasteiger partial charge in [-0.1, -0.05) is 6.07 Å². The summed E-state index contributed by atoms with van der Waals surface area (Å²) in [7, 11) is 3.91. The fourth-order valence-corrected chi connectivity index (χ4v) is 3.08. The number of amides is 3. The Hall–Kier alpha value is -2.08. The van der Waals surface area contributed by atoms with Crippen molar-refractivity contribution in [2.45, 2.75) is 19.8 Å². The number of hydrogen-bond donors (Lipinski definition) is 2. The number of carbonyl (C=O) groups excluding carboxylic acids is 2. The number of benzene rings is 1. The topological polar surface area (TPSA) is 78.7 Å². The highest BCUT2D eigenvalue weighted by molar-refractivity contribution is 5.97. The molecular formula is C17H26N4O2. The van der Waals surface area contributed by atoms with Gasteiger partial charge in [-0.2, -0.15) is 0 Å². The van der Waals surface area contributed by atoms with Crippen molar-refractivity contribution < 1.29 is 9.59 Å². The quantitative estimate of drug-likeness (QED) is 0.890. The smallest absolute Gasteiger partial charge is 0.321 e. The first kappa shape index (κ1) is 17.3. The maximum atomic E-state index is 12.3. The Bertz CT molecular complexity index is 588. The van der Waals surface area contributed by atoms with Gasteiger partial charge in [0.25, 0.3) is 0 Å². The van der Waals surface area contributed by atoms with Crippen molar-refractivity contribution in [1.82, 2.24) is 9.80 Å². The third-order valence-corrected chi connectivity index (χ3v) is 4.36. The van der Waals surface area contributed by atoms with Gasteiger partial charge in [-0.05, 0) is 57.0 Å². The minimum absolute atomic E-state index is 0.169. The Morgan fingerprint density at radius 3 is 2.83 bits per heavy atom. The molecule has 0 saturated carbocycles. The summed E-state index contributed by atoms with van der Waals surface area (Å²) in [5, 5.41) is 2.83. The highest BCUT2D eigenvalue weighted by Gasteiger charge is 2.21. The molecule has 1 aliphatic rings. The number of rotatable bonds is 4. The van der Waals surface area contributed by atoms with Crippen LogP contribution in [0.1, 0.15) is 28.8 Å². The SMILES string of the molecule is Cc1ccc(NC(=O)N(C)CC2CCCN(C)C2)cc1C(N)=O.